The first-order valence-corrected chi connectivity index (χ1v) is 8.26. The van der Waals surface area contributed by atoms with Gasteiger partial charge in [-0.3, -0.25) is 19.8 Å². The third-order valence-corrected chi connectivity index (χ3v) is 3.94. The molecule has 0 atom stereocenters. The van der Waals surface area contributed by atoms with Crippen LogP contribution >= 0.6 is 0 Å². The number of nitrogens with zero attached hydrogens (tertiary/aromatic N) is 1. The number of hydrogen-bond acceptors (Lipinski definition) is 4. The average molecular weight is 318 g/mol. The smallest absolute Gasteiger partial charge is 0.270 e. The van der Waals surface area contributed by atoms with E-state index in [1.54, 1.807) is 12.1 Å². The number of unbranched alkanes of at least 4 members (excludes halogenated alkanes) is 1. The molecule has 1 heterocycles. The fourth-order valence-corrected chi connectivity index (χ4v) is 2.65. The summed E-state index contributed by atoms with van der Waals surface area (Å²) in [6, 6.07) is 5.95. The topological polar surface area (TPSA) is 81.0 Å². The molecule has 1 aromatic carbocycles. The molecule has 6 heteroatoms. The Morgan fingerprint density at radius 3 is 2.43 bits per heavy atom. The molecule has 2 aromatic rings. The van der Waals surface area contributed by atoms with E-state index in [4.69, 9.17) is 0 Å². The summed E-state index contributed by atoms with van der Waals surface area (Å²) in [5.74, 6) is 0. The lowest BCUT2D eigenvalue weighted by Crippen LogP contribution is -2.27. The molecule has 0 unspecified atom stereocenters. The predicted molar refractivity (Wildman–Crippen MR) is 95.4 cm³/mol. The quantitative estimate of drug-likeness (QED) is 0.649. The van der Waals surface area contributed by atoms with Gasteiger partial charge in [0.1, 0.15) is 0 Å². The zero-order chi connectivity index (χ0) is 16.8. The summed E-state index contributed by atoms with van der Waals surface area (Å²) in [5, 5.41) is 9.00. The van der Waals surface area contributed by atoms with Crippen molar-refractivity contribution in [2.75, 3.05) is 24.5 Å². The van der Waals surface area contributed by atoms with Crippen LogP contribution in [0.25, 0.3) is 10.8 Å². The van der Waals surface area contributed by atoms with Crippen LogP contribution in [-0.2, 0) is 0 Å². The Kier molecular flexibility index (Phi) is 5.98. The first-order chi connectivity index (χ1) is 11.0. The maximum Gasteiger partial charge on any atom is 0.270 e. The Morgan fingerprint density at radius 2 is 1.78 bits per heavy atom. The van der Waals surface area contributed by atoms with Gasteiger partial charge in [-0.15, -0.1) is 0 Å². The van der Waals surface area contributed by atoms with E-state index in [0.29, 0.717) is 16.8 Å². The van der Waals surface area contributed by atoms with E-state index >= 15 is 0 Å². The standard InChI is InChI=1S/C17H26N4O2/c1-4-21(10-6-5-9-18-12(2)3)13-7-8-14-15(11-13)17(23)20-19-16(14)22/h7-8,11-12,18H,4-6,9-10H2,1-3H3,(H,19,22)(H,20,23). The molecule has 0 aliphatic rings. The largest absolute Gasteiger partial charge is 0.372 e. The molecule has 0 saturated carbocycles. The first kappa shape index (κ1) is 17.3. The molecular formula is C17H26N4O2. The van der Waals surface area contributed by atoms with Crippen LogP contribution in [-0.4, -0.2) is 35.9 Å². The summed E-state index contributed by atoms with van der Waals surface area (Å²) < 4.78 is 0. The maximum absolute atomic E-state index is 11.9. The molecule has 0 aliphatic carbocycles. The van der Waals surface area contributed by atoms with Crippen LogP contribution in [0.1, 0.15) is 33.6 Å². The Hall–Kier alpha value is -2.08. The molecule has 0 bridgehead atoms. The zero-order valence-electron chi connectivity index (χ0n) is 14.1. The molecule has 3 N–H and O–H groups in total. The summed E-state index contributed by atoms with van der Waals surface area (Å²) in [6.45, 7) is 9.20. The number of aromatic amines is 2. The Balaban J connectivity index is 2.09. The van der Waals surface area contributed by atoms with Gasteiger partial charge >= 0.3 is 0 Å². The third-order valence-electron chi connectivity index (χ3n) is 3.94. The molecule has 0 amide bonds. The van der Waals surface area contributed by atoms with E-state index in [1.807, 2.05) is 6.07 Å². The Bertz CT molecular complexity index is 748. The van der Waals surface area contributed by atoms with E-state index in [0.717, 1.165) is 38.2 Å². The van der Waals surface area contributed by atoms with Gasteiger partial charge in [-0.2, -0.15) is 0 Å². The van der Waals surface area contributed by atoms with Gasteiger partial charge in [0, 0.05) is 24.8 Å². The van der Waals surface area contributed by atoms with Gasteiger partial charge < -0.3 is 10.2 Å². The minimum atomic E-state index is -0.269. The summed E-state index contributed by atoms with van der Waals surface area (Å²) in [4.78, 5) is 25.9. The number of rotatable bonds is 8. The number of hydrogen-bond donors (Lipinski definition) is 3. The van der Waals surface area contributed by atoms with Crippen molar-refractivity contribution < 1.29 is 0 Å². The average Bonchev–Trinajstić information content (AvgIpc) is 2.54. The predicted octanol–water partition coefficient (Wildman–Crippen LogP) is 1.82. The molecule has 23 heavy (non-hydrogen) atoms. The highest BCUT2D eigenvalue weighted by Crippen LogP contribution is 2.18. The number of anilines is 1. The summed E-state index contributed by atoms with van der Waals surface area (Å²) >= 11 is 0. The number of aromatic nitrogens is 2. The van der Waals surface area contributed by atoms with Crippen molar-refractivity contribution in [3.8, 4) is 0 Å². The molecule has 126 valence electrons. The molecular weight excluding hydrogens is 292 g/mol. The fraction of sp³-hybridized carbons (Fsp3) is 0.529. The number of fused-ring (bicyclic) bond motifs is 1. The van der Waals surface area contributed by atoms with Gasteiger partial charge in [0.15, 0.2) is 0 Å². The van der Waals surface area contributed by atoms with E-state index < -0.39 is 0 Å². The molecule has 1 aromatic heterocycles. The van der Waals surface area contributed by atoms with Crippen molar-refractivity contribution in [2.24, 2.45) is 0 Å². The van der Waals surface area contributed by atoms with Crippen molar-refractivity contribution in [2.45, 2.75) is 39.7 Å². The molecule has 0 fully saturated rings. The normalized spacial score (nSPS) is 11.3. The van der Waals surface area contributed by atoms with Gasteiger partial charge in [-0.25, -0.2) is 0 Å². The number of nitrogens with one attached hydrogen (secondary N) is 3. The van der Waals surface area contributed by atoms with Crippen LogP contribution in [0.5, 0.6) is 0 Å². The van der Waals surface area contributed by atoms with Crippen molar-refractivity contribution >= 4 is 16.5 Å². The lowest BCUT2D eigenvalue weighted by Gasteiger charge is -2.23. The maximum atomic E-state index is 11.9. The van der Waals surface area contributed by atoms with Crippen LogP contribution in [0.15, 0.2) is 27.8 Å². The minimum Gasteiger partial charge on any atom is -0.372 e. The highest BCUT2D eigenvalue weighted by molar-refractivity contribution is 5.84. The lowest BCUT2D eigenvalue weighted by molar-refractivity contribution is 0.555. The van der Waals surface area contributed by atoms with Gasteiger partial charge in [0.25, 0.3) is 11.1 Å². The van der Waals surface area contributed by atoms with Crippen molar-refractivity contribution in [3.63, 3.8) is 0 Å². The second kappa shape index (κ2) is 7.97. The highest BCUT2D eigenvalue weighted by Gasteiger charge is 2.08. The summed E-state index contributed by atoms with van der Waals surface area (Å²) in [7, 11) is 0. The fourth-order valence-electron chi connectivity index (χ4n) is 2.65. The van der Waals surface area contributed by atoms with E-state index in [2.05, 4.69) is 41.2 Å². The van der Waals surface area contributed by atoms with E-state index in [1.165, 1.54) is 0 Å². The van der Waals surface area contributed by atoms with Crippen LogP contribution in [0.3, 0.4) is 0 Å². The molecule has 6 nitrogen and oxygen atoms in total. The SMILES string of the molecule is CCN(CCCCNC(C)C)c1ccc2c(=O)[nH][nH]c(=O)c2c1. The summed E-state index contributed by atoms with van der Waals surface area (Å²) in [5.41, 5.74) is 0.445. The zero-order valence-corrected chi connectivity index (χ0v) is 14.1. The van der Waals surface area contributed by atoms with Crippen molar-refractivity contribution in [1.82, 2.24) is 15.5 Å². The second-order valence-corrected chi connectivity index (χ2v) is 6.03. The summed E-state index contributed by atoms with van der Waals surface area (Å²) in [6.07, 6.45) is 2.19. The van der Waals surface area contributed by atoms with Crippen LogP contribution in [0.4, 0.5) is 5.69 Å². The van der Waals surface area contributed by atoms with Gasteiger partial charge in [0.05, 0.1) is 10.8 Å². The lowest BCUT2D eigenvalue weighted by atomic mass is 10.1. The molecule has 2 rings (SSSR count). The van der Waals surface area contributed by atoms with Crippen molar-refractivity contribution in [1.29, 1.82) is 0 Å². The van der Waals surface area contributed by atoms with E-state index in [-0.39, 0.29) is 11.1 Å². The first-order valence-electron chi connectivity index (χ1n) is 8.26. The van der Waals surface area contributed by atoms with Crippen molar-refractivity contribution in [3.05, 3.63) is 38.9 Å². The Morgan fingerprint density at radius 1 is 1.09 bits per heavy atom. The van der Waals surface area contributed by atoms with Crippen LogP contribution in [0.2, 0.25) is 0 Å². The Labute approximate surface area is 135 Å². The highest BCUT2D eigenvalue weighted by atomic mass is 16.1. The molecule has 0 spiro atoms. The minimum absolute atomic E-state index is 0.265. The molecule has 0 saturated heterocycles. The monoisotopic (exact) mass is 318 g/mol. The van der Waals surface area contributed by atoms with Crippen LogP contribution < -0.4 is 21.3 Å². The van der Waals surface area contributed by atoms with Crippen LogP contribution in [0, 0.1) is 0 Å². The van der Waals surface area contributed by atoms with Gasteiger partial charge in [-0.1, -0.05) is 13.8 Å². The van der Waals surface area contributed by atoms with E-state index in [9.17, 15) is 9.59 Å². The number of benzene rings is 1. The second-order valence-electron chi connectivity index (χ2n) is 6.03. The molecule has 0 radical (unpaired) electrons. The third kappa shape index (κ3) is 4.45. The van der Waals surface area contributed by atoms with Gasteiger partial charge in [-0.05, 0) is 44.5 Å². The molecule has 0 aliphatic heterocycles. The number of H-pyrrole nitrogens is 2. The van der Waals surface area contributed by atoms with Gasteiger partial charge in [0.2, 0.25) is 0 Å².